The van der Waals surface area contributed by atoms with Gasteiger partial charge in [-0.25, -0.2) is 4.79 Å². The number of carbonyl (C=O) groups is 1. The maximum Gasteiger partial charge on any atom is 0.410 e. The quantitative estimate of drug-likeness (QED) is 0.844. The van der Waals surface area contributed by atoms with Crippen molar-refractivity contribution >= 4 is 6.09 Å². The Bertz CT molecular complexity index is 309. The highest BCUT2D eigenvalue weighted by molar-refractivity contribution is 5.67. The number of rotatable bonds is 5. The highest BCUT2D eigenvalue weighted by Crippen LogP contribution is 2.17. The first-order valence-corrected chi connectivity index (χ1v) is 8.56. The molecule has 21 heavy (non-hydrogen) atoms. The molecule has 1 aliphatic carbocycles. The number of hydrogen-bond donors (Lipinski definition) is 1. The molecule has 1 amide bonds. The van der Waals surface area contributed by atoms with Crippen molar-refractivity contribution in [2.75, 3.05) is 39.3 Å². The Kier molecular flexibility index (Phi) is 6.77. The summed E-state index contributed by atoms with van der Waals surface area (Å²) >= 11 is 0. The van der Waals surface area contributed by atoms with Gasteiger partial charge in [-0.3, -0.25) is 4.90 Å². The minimum Gasteiger partial charge on any atom is -0.447 e. The van der Waals surface area contributed by atoms with Crippen LogP contribution in [0.25, 0.3) is 0 Å². The number of carbonyl (C=O) groups excluding carboxylic acids is 1. The van der Waals surface area contributed by atoms with E-state index < -0.39 is 0 Å². The minimum atomic E-state index is -0.162. The third-order valence-electron chi connectivity index (χ3n) is 4.43. The molecule has 0 spiro atoms. The Balaban J connectivity index is 1.57. The number of amides is 1. The number of nitrogens with zero attached hydrogens (tertiary/aromatic N) is 2. The van der Waals surface area contributed by atoms with Crippen LogP contribution >= 0.6 is 0 Å². The van der Waals surface area contributed by atoms with Crippen molar-refractivity contribution in [1.29, 1.82) is 0 Å². The van der Waals surface area contributed by atoms with E-state index in [0.29, 0.717) is 0 Å². The predicted molar refractivity (Wildman–Crippen MR) is 84.5 cm³/mol. The lowest BCUT2D eigenvalue weighted by Crippen LogP contribution is -2.50. The molecule has 2 fully saturated rings. The summed E-state index contributed by atoms with van der Waals surface area (Å²) in [5.41, 5.74) is 0. The largest absolute Gasteiger partial charge is 0.447 e. The van der Waals surface area contributed by atoms with Crippen LogP contribution in [0.1, 0.15) is 46.0 Å². The fraction of sp³-hybridized carbons (Fsp3) is 0.938. The average Bonchev–Trinajstić information content (AvgIpc) is 2.48. The van der Waals surface area contributed by atoms with Crippen LogP contribution in [0.2, 0.25) is 0 Å². The first-order chi connectivity index (χ1) is 10.1. The van der Waals surface area contributed by atoms with Gasteiger partial charge in [0.05, 0.1) is 6.10 Å². The molecule has 5 heteroatoms. The lowest BCUT2D eigenvalue weighted by Gasteiger charge is -2.34. The highest BCUT2D eigenvalue weighted by Gasteiger charge is 2.22. The van der Waals surface area contributed by atoms with Gasteiger partial charge >= 0.3 is 6.09 Å². The average molecular weight is 297 g/mol. The van der Waals surface area contributed by atoms with E-state index in [1.807, 2.05) is 18.7 Å². The van der Waals surface area contributed by atoms with Crippen LogP contribution in [0.4, 0.5) is 4.79 Å². The molecule has 1 saturated carbocycles. The number of ether oxygens (including phenoxy) is 1. The molecule has 0 unspecified atom stereocenters. The van der Waals surface area contributed by atoms with Gasteiger partial charge in [-0.15, -0.1) is 0 Å². The fourth-order valence-corrected chi connectivity index (χ4v) is 3.16. The van der Waals surface area contributed by atoms with Crippen molar-refractivity contribution in [3.8, 4) is 0 Å². The van der Waals surface area contributed by atoms with E-state index in [0.717, 1.165) is 45.3 Å². The first kappa shape index (κ1) is 16.6. The molecule has 0 atom stereocenters. The van der Waals surface area contributed by atoms with E-state index in [1.165, 1.54) is 32.1 Å². The molecule has 5 nitrogen and oxygen atoms in total. The van der Waals surface area contributed by atoms with Gasteiger partial charge in [0.2, 0.25) is 0 Å². The summed E-state index contributed by atoms with van der Waals surface area (Å²) in [7, 11) is 0. The fourth-order valence-electron chi connectivity index (χ4n) is 3.16. The molecule has 122 valence electrons. The number of hydrogen-bond acceptors (Lipinski definition) is 4. The molecule has 2 aliphatic rings. The van der Waals surface area contributed by atoms with Crippen LogP contribution in [0, 0.1) is 0 Å². The van der Waals surface area contributed by atoms with E-state index in [2.05, 4.69) is 10.2 Å². The molecule has 2 rings (SSSR count). The Hall–Kier alpha value is -0.810. The van der Waals surface area contributed by atoms with Gasteiger partial charge in [-0.1, -0.05) is 19.3 Å². The summed E-state index contributed by atoms with van der Waals surface area (Å²) in [6, 6.07) is 0.737. The van der Waals surface area contributed by atoms with Crippen LogP contribution in [0.5, 0.6) is 0 Å². The second-order valence-electron chi connectivity index (χ2n) is 6.55. The van der Waals surface area contributed by atoms with Crippen LogP contribution in [-0.4, -0.2) is 67.3 Å². The zero-order valence-electron chi connectivity index (χ0n) is 13.6. The third-order valence-corrected chi connectivity index (χ3v) is 4.43. The first-order valence-electron chi connectivity index (χ1n) is 8.56. The monoisotopic (exact) mass is 297 g/mol. The number of nitrogens with one attached hydrogen (secondary N) is 1. The predicted octanol–water partition coefficient (Wildman–Crippen LogP) is 2.07. The Morgan fingerprint density at radius 3 is 2.43 bits per heavy atom. The van der Waals surface area contributed by atoms with Gasteiger partial charge in [0.15, 0.2) is 0 Å². The van der Waals surface area contributed by atoms with E-state index >= 15 is 0 Å². The summed E-state index contributed by atoms with van der Waals surface area (Å²) < 4.78 is 5.24. The van der Waals surface area contributed by atoms with Crippen molar-refractivity contribution in [2.24, 2.45) is 0 Å². The Labute approximate surface area is 129 Å². The molecule has 0 bridgehead atoms. The van der Waals surface area contributed by atoms with Crippen LogP contribution < -0.4 is 5.32 Å². The zero-order chi connectivity index (χ0) is 15.1. The second kappa shape index (κ2) is 8.59. The third kappa shape index (κ3) is 5.83. The lowest BCUT2D eigenvalue weighted by atomic mass is 9.95. The van der Waals surface area contributed by atoms with Gasteiger partial charge in [-0.05, 0) is 26.7 Å². The van der Waals surface area contributed by atoms with E-state index in [9.17, 15) is 4.79 Å². The Morgan fingerprint density at radius 2 is 1.81 bits per heavy atom. The second-order valence-corrected chi connectivity index (χ2v) is 6.55. The van der Waals surface area contributed by atoms with Gasteiger partial charge in [0.25, 0.3) is 0 Å². The summed E-state index contributed by atoms with van der Waals surface area (Å²) in [6.07, 6.45) is 6.67. The van der Waals surface area contributed by atoms with Gasteiger partial charge in [-0.2, -0.15) is 0 Å². The summed E-state index contributed by atoms with van der Waals surface area (Å²) in [5.74, 6) is 0. The van der Waals surface area contributed by atoms with E-state index in [4.69, 9.17) is 4.74 Å². The van der Waals surface area contributed by atoms with Crippen molar-refractivity contribution in [2.45, 2.75) is 58.1 Å². The van der Waals surface area contributed by atoms with Crippen LogP contribution in [0.15, 0.2) is 0 Å². The molecule has 0 aromatic carbocycles. The lowest BCUT2D eigenvalue weighted by molar-refractivity contribution is 0.0572. The molecule has 1 aliphatic heterocycles. The van der Waals surface area contributed by atoms with Crippen LogP contribution in [0.3, 0.4) is 0 Å². The summed E-state index contributed by atoms with van der Waals surface area (Å²) in [5, 5.41) is 3.68. The molecule has 0 aromatic heterocycles. The highest BCUT2D eigenvalue weighted by atomic mass is 16.6. The number of piperazine rings is 1. The van der Waals surface area contributed by atoms with Crippen molar-refractivity contribution < 1.29 is 9.53 Å². The van der Waals surface area contributed by atoms with E-state index in [-0.39, 0.29) is 12.2 Å². The van der Waals surface area contributed by atoms with Crippen molar-refractivity contribution in [1.82, 2.24) is 15.1 Å². The SMILES string of the molecule is CC(C)OC(=O)N1CCN(CCNC2CCCCC2)CC1. The minimum absolute atomic E-state index is 0.0322. The molecular weight excluding hydrogens is 266 g/mol. The molecule has 0 radical (unpaired) electrons. The normalized spacial score (nSPS) is 21.8. The molecular formula is C16H31N3O2. The Morgan fingerprint density at radius 1 is 1.14 bits per heavy atom. The maximum absolute atomic E-state index is 11.8. The molecule has 0 aromatic rings. The topological polar surface area (TPSA) is 44.8 Å². The summed E-state index contributed by atoms with van der Waals surface area (Å²) in [6.45, 7) is 9.43. The van der Waals surface area contributed by atoms with Gasteiger partial charge < -0.3 is 15.0 Å². The van der Waals surface area contributed by atoms with Crippen LogP contribution in [-0.2, 0) is 4.74 Å². The smallest absolute Gasteiger partial charge is 0.410 e. The van der Waals surface area contributed by atoms with Gasteiger partial charge in [0.1, 0.15) is 0 Å². The summed E-state index contributed by atoms with van der Waals surface area (Å²) in [4.78, 5) is 16.1. The van der Waals surface area contributed by atoms with Gasteiger partial charge in [0, 0.05) is 45.3 Å². The maximum atomic E-state index is 11.8. The van der Waals surface area contributed by atoms with Crippen molar-refractivity contribution in [3.05, 3.63) is 0 Å². The standard InChI is InChI=1S/C16H31N3O2/c1-14(2)21-16(20)19-12-10-18(11-13-19)9-8-17-15-6-4-3-5-7-15/h14-15,17H,3-13H2,1-2H3. The molecule has 1 heterocycles. The van der Waals surface area contributed by atoms with E-state index in [1.54, 1.807) is 0 Å². The van der Waals surface area contributed by atoms with Crippen molar-refractivity contribution in [3.63, 3.8) is 0 Å². The molecule has 1 saturated heterocycles. The molecule has 1 N–H and O–H groups in total. The zero-order valence-corrected chi connectivity index (χ0v) is 13.6.